The quantitative estimate of drug-likeness (QED) is 0.588. The van der Waals surface area contributed by atoms with Crippen molar-refractivity contribution in [2.45, 2.75) is 65.8 Å². The van der Waals surface area contributed by atoms with Crippen molar-refractivity contribution < 1.29 is 0 Å². The number of hydrogen-bond acceptors (Lipinski definition) is 1. The van der Waals surface area contributed by atoms with Gasteiger partial charge >= 0.3 is 0 Å². The predicted octanol–water partition coefficient (Wildman–Crippen LogP) is 4.95. The molecular weight excluding hydrogens is 230 g/mol. The Hall–Kier alpha value is -0.820. The first kappa shape index (κ1) is 16.2. The summed E-state index contributed by atoms with van der Waals surface area (Å²) in [5.74, 6) is 0.787. The molecule has 0 bridgehead atoms. The van der Waals surface area contributed by atoms with Crippen LogP contribution in [0.2, 0.25) is 0 Å². The van der Waals surface area contributed by atoms with Crippen molar-refractivity contribution in [1.82, 2.24) is 5.32 Å². The summed E-state index contributed by atoms with van der Waals surface area (Å²) in [6.07, 6.45) is 7.85. The van der Waals surface area contributed by atoms with Crippen LogP contribution in [0.15, 0.2) is 24.3 Å². The molecule has 0 spiro atoms. The van der Waals surface area contributed by atoms with Crippen LogP contribution in [-0.2, 0) is 13.0 Å². The fourth-order valence-corrected chi connectivity index (χ4v) is 2.32. The second-order valence-corrected chi connectivity index (χ2v) is 5.94. The van der Waals surface area contributed by atoms with Crippen molar-refractivity contribution in [3.05, 3.63) is 35.4 Å². The third-order valence-corrected chi connectivity index (χ3v) is 3.63. The third-order valence-electron chi connectivity index (χ3n) is 3.63. The van der Waals surface area contributed by atoms with Gasteiger partial charge in [-0.25, -0.2) is 0 Å². The summed E-state index contributed by atoms with van der Waals surface area (Å²) < 4.78 is 0. The maximum atomic E-state index is 3.59. The molecular formula is C18H31N. The van der Waals surface area contributed by atoms with Gasteiger partial charge in [0.1, 0.15) is 0 Å². The minimum atomic E-state index is 0.787. The van der Waals surface area contributed by atoms with Gasteiger partial charge in [0, 0.05) is 6.54 Å². The second kappa shape index (κ2) is 10.0. The molecule has 1 nitrogen and oxygen atoms in total. The Morgan fingerprint density at radius 3 is 2.42 bits per heavy atom. The molecule has 0 fully saturated rings. The van der Waals surface area contributed by atoms with Crippen molar-refractivity contribution in [1.29, 1.82) is 0 Å². The molecule has 0 aromatic heterocycles. The lowest BCUT2D eigenvalue weighted by Gasteiger charge is -2.12. The molecule has 0 aliphatic heterocycles. The van der Waals surface area contributed by atoms with Crippen LogP contribution in [0.25, 0.3) is 0 Å². The van der Waals surface area contributed by atoms with Crippen LogP contribution >= 0.6 is 0 Å². The van der Waals surface area contributed by atoms with Crippen molar-refractivity contribution >= 4 is 0 Å². The van der Waals surface area contributed by atoms with Crippen molar-refractivity contribution in [2.24, 2.45) is 5.92 Å². The van der Waals surface area contributed by atoms with Gasteiger partial charge < -0.3 is 5.32 Å². The van der Waals surface area contributed by atoms with Crippen LogP contribution in [0.1, 0.15) is 64.0 Å². The number of aryl methyl sites for hydroxylation is 1. The van der Waals surface area contributed by atoms with Crippen LogP contribution in [0.5, 0.6) is 0 Å². The highest BCUT2D eigenvalue weighted by molar-refractivity contribution is 5.27. The SMILES string of the molecule is CCCCCCNCc1ccccc1CCC(C)C. The topological polar surface area (TPSA) is 12.0 Å². The summed E-state index contributed by atoms with van der Waals surface area (Å²) in [4.78, 5) is 0. The molecule has 1 aromatic rings. The zero-order valence-electron chi connectivity index (χ0n) is 13.0. The molecule has 1 aromatic carbocycles. The minimum absolute atomic E-state index is 0.787. The van der Waals surface area contributed by atoms with Gasteiger partial charge in [-0.15, -0.1) is 0 Å². The van der Waals surface area contributed by atoms with Gasteiger partial charge in [-0.2, -0.15) is 0 Å². The van der Waals surface area contributed by atoms with Gasteiger partial charge in [0.25, 0.3) is 0 Å². The standard InChI is InChI=1S/C18H31N/c1-4-5-6-9-14-19-15-18-11-8-7-10-17(18)13-12-16(2)3/h7-8,10-11,16,19H,4-6,9,12-15H2,1-3H3. The Morgan fingerprint density at radius 2 is 1.74 bits per heavy atom. The molecule has 0 aliphatic carbocycles. The number of hydrogen-bond donors (Lipinski definition) is 1. The van der Waals surface area contributed by atoms with Crippen LogP contribution in [0.3, 0.4) is 0 Å². The maximum Gasteiger partial charge on any atom is 0.0208 e. The zero-order valence-corrected chi connectivity index (χ0v) is 13.0. The van der Waals surface area contributed by atoms with Gasteiger partial charge in [-0.3, -0.25) is 0 Å². The Balaban J connectivity index is 2.31. The molecule has 1 rings (SSSR count). The minimum Gasteiger partial charge on any atom is -0.313 e. The van der Waals surface area contributed by atoms with Crippen molar-refractivity contribution in [2.75, 3.05) is 6.54 Å². The Bertz CT molecular complexity index is 330. The molecule has 1 heteroatoms. The van der Waals surface area contributed by atoms with Crippen molar-refractivity contribution in [3.8, 4) is 0 Å². The van der Waals surface area contributed by atoms with Crippen LogP contribution in [-0.4, -0.2) is 6.54 Å². The second-order valence-electron chi connectivity index (χ2n) is 5.94. The number of rotatable bonds is 10. The summed E-state index contributed by atoms with van der Waals surface area (Å²) in [6.45, 7) is 9.04. The fourth-order valence-electron chi connectivity index (χ4n) is 2.32. The van der Waals surface area contributed by atoms with E-state index in [9.17, 15) is 0 Å². The number of nitrogens with one attached hydrogen (secondary N) is 1. The molecule has 0 aliphatic rings. The van der Waals surface area contributed by atoms with Crippen LogP contribution in [0.4, 0.5) is 0 Å². The Labute approximate surface area is 119 Å². The van der Waals surface area contributed by atoms with E-state index in [1.54, 1.807) is 0 Å². The van der Waals surface area contributed by atoms with Gasteiger partial charge in [0.15, 0.2) is 0 Å². The summed E-state index contributed by atoms with van der Waals surface area (Å²) in [7, 11) is 0. The average molecular weight is 261 g/mol. The number of benzene rings is 1. The normalized spacial score (nSPS) is 11.2. The molecule has 0 atom stereocenters. The molecule has 0 unspecified atom stereocenters. The van der Waals surface area contributed by atoms with E-state index < -0.39 is 0 Å². The number of unbranched alkanes of at least 4 members (excludes halogenated alkanes) is 3. The summed E-state index contributed by atoms with van der Waals surface area (Å²) >= 11 is 0. The van der Waals surface area contributed by atoms with E-state index in [1.807, 2.05) is 0 Å². The zero-order chi connectivity index (χ0) is 13.9. The Kier molecular flexibility index (Phi) is 8.57. The van der Waals surface area contributed by atoms with Gasteiger partial charge in [-0.1, -0.05) is 64.3 Å². The lowest BCUT2D eigenvalue weighted by Crippen LogP contribution is -2.16. The Morgan fingerprint density at radius 1 is 1.00 bits per heavy atom. The van der Waals surface area contributed by atoms with Gasteiger partial charge in [-0.05, 0) is 42.9 Å². The van der Waals surface area contributed by atoms with Gasteiger partial charge in [0.05, 0.1) is 0 Å². The van der Waals surface area contributed by atoms with Crippen molar-refractivity contribution in [3.63, 3.8) is 0 Å². The fraction of sp³-hybridized carbons (Fsp3) is 0.667. The molecule has 0 heterocycles. The highest BCUT2D eigenvalue weighted by Crippen LogP contribution is 2.14. The van der Waals surface area contributed by atoms with E-state index >= 15 is 0 Å². The first-order valence-corrected chi connectivity index (χ1v) is 8.01. The summed E-state index contributed by atoms with van der Waals surface area (Å²) in [5, 5.41) is 3.59. The molecule has 19 heavy (non-hydrogen) atoms. The lowest BCUT2D eigenvalue weighted by atomic mass is 9.98. The highest BCUT2D eigenvalue weighted by Gasteiger charge is 2.02. The average Bonchev–Trinajstić information content (AvgIpc) is 2.41. The predicted molar refractivity (Wildman–Crippen MR) is 85.4 cm³/mol. The van der Waals surface area contributed by atoms with E-state index in [1.165, 1.54) is 49.7 Å². The van der Waals surface area contributed by atoms with E-state index in [0.29, 0.717) is 0 Å². The van der Waals surface area contributed by atoms with E-state index in [0.717, 1.165) is 19.0 Å². The van der Waals surface area contributed by atoms with E-state index in [4.69, 9.17) is 0 Å². The third kappa shape index (κ3) is 7.37. The van der Waals surface area contributed by atoms with Crippen LogP contribution < -0.4 is 5.32 Å². The first-order chi connectivity index (χ1) is 9.24. The highest BCUT2D eigenvalue weighted by atomic mass is 14.8. The maximum absolute atomic E-state index is 3.59. The smallest absolute Gasteiger partial charge is 0.0208 e. The molecule has 0 saturated heterocycles. The summed E-state index contributed by atoms with van der Waals surface area (Å²) in [6, 6.07) is 8.89. The van der Waals surface area contributed by atoms with E-state index in [-0.39, 0.29) is 0 Å². The lowest BCUT2D eigenvalue weighted by molar-refractivity contribution is 0.576. The van der Waals surface area contributed by atoms with Crippen LogP contribution in [0, 0.1) is 5.92 Å². The van der Waals surface area contributed by atoms with Gasteiger partial charge in [0.2, 0.25) is 0 Å². The molecule has 0 radical (unpaired) electrons. The monoisotopic (exact) mass is 261 g/mol. The molecule has 1 N–H and O–H groups in total. The molecule has 0 amide bonds. The molecule has 108 valence electrons. The molecule has 0 saturated carbocycles. The summed E-state index contributed by atoms with van der Waals surface area (Å²) in [5.41, 5.74) is 3.01. The van der Waals surface area contributed by atoms with E-state index in [2.05, 4.69) is 50.4 Å². The largest absolute Gasteiger partial charge is 0.313 e. The first-order valence-electron chi connectivity index (χ1n) is 8.01.